The van der Waals surface area contributed by atoms with Gasteiger partial charge in [0, 0.05) is 23.5 Å². The first-order valence-electron chi connectivity index (χ1n) is 9.66. The molecule has 172 valence electrons. The van der Waals surface area contributed by atoms with Gasteiger partial charge in [-0.2, -0.15) is 0 Å². The van der Waals surface area contributed by atoms with Gasteiger partial charge < -0.3 is 36.7 Å². The summed E-state index contributed by atoms with van der Waals surface area (Å²) in [6.45, 7) is 0. The Hall–Kier alpha value is -3.93. The topological polar surface area (TPSA) is 212 Å². The van der Waals surface area contributed by atoms with Gasteiger partial charge in [-0.05, 0) is 24.5 Å². The zero-order chi connectivity index (χ0) is 23.8. The van der Waals surface area contributed by atoms with Gasteiger partial charge in [0.25, 0.3) is 0 Å². The van der Waals surface area contributed by atoms with Gasteiger partial charge in [-0.25, -0.2) is 4.79 Å². The van der Waals surface area contributed by atoms with Crippen molar-refractivity contribution in [1.29, 1.82) is 0 Å². The Morgan fingerprint density at radius 2 is 1.59 bits per heavy atom. The number of amides is 2. The van der Waals surface area contributed by atoms with E-state index in [-0.39, 0.29) is 6.42 Å². The summed E-state index contributed by atoms with van der Waals surface area (Å²) in [5, 5.41) is 32.1. The zero-order valence-electron chi connectivity index (χ0n) is 16.9. The van der Waals surface area contributed by atoms with Gasteiger partial charge in [-0.1, -0.05) is 18.2 Å². The van der Waals surface area contributed by atoms with Crippen LogP contribution in [0.15, 0.2) is 30.5 Å². The van der Waals surface area contributed by atoms with Crippen molar-refractivity contribution in [2.75, 3.05) is 0 Å². The molecule has 0 saturated heterocycles. The fourth-order valence-corrected chi connectivity index (χ4v) is 3.09. The molecule has 0 aliphatic heterocycles. The number of nitrogens with one attached hydrogen (secondary N) is 3. The van der Waals surface area contributed by atoms with E-state index in [1.165, 1.54) is 0 Å². The Bertz CT molecular complexity index is 1020. The number of carboxylic acid groups (broad SMARTS) is 3. The minimum absolute atomic E-state index is 0.105. The molecule has 8 N–H and O–H groups in total. The molecule has 3 unspecified atom stereocenters. The molecule has 12 nitrogen and oxygen atoms in total. The van der Waals surface area contributed by atoms with Gasteiger partial charge in [-0.3, -0.25) is 19.2 Å². The maximum atomic E-state index is 12.5. The van der Waals surface area contributed by atoms with Crippen molar-refractivity contribution in [1.82, 2.24) is 15.6 Å². The number of aliphatic carboxylic acids is 3. The average Bonchev–Trinajstić information content (AvgIpc) is 3.12. The normalized spacial score (nSPS) is 13.7. The third-order valence-electron chi connectivity index (χ3n) is 4.72. The number of aromatic nitrogens is 1. The average molecular weight is 448 g/mol. The molecule has 2 rings (SSSR count). The number of aromatic amines is 1. The van der Waals surface area contributed by atoms with Crippen molar-refractivity contribution in [2.45, 2.75) is 43.8 Å². The number of fused-ring (bicyclic) bond motifs is 1. The van der Waals surface area contributed by atoms with Gasteiger partial charge in [0.2, 0.25) is 11.8 Å². The zero-order valence-corrected chi connectivity index (χ0v) is 16.9. The van der Waals surface area contributed by atoms with Gasteiger partial charge in [-0.15, -0.1) is 0 Å². The fraction of sp³-hybridized carbons (Fsp3) is 0.350. The first kappa shape index (κ1) is 24.3. The van der Waals surface area contributed by atoms with Crippen LogP contribution in [0.5, 0.6) is 0 Å². The Morgan fingerprint density at radius 3 is 2.22 bits per heavy atom. The lowest BCUT2D eigenvalue weighted by molar-refractivity contribution is -0.144. The predicted molar refractivity (Wildman–Crippen MR) is 111 cm³/mol. The van der Waals surface area contributed by atoms with E-state index < -0.39 is 67.1 Å². The minimum Gasteiger partial charge on any atom is -0.481 e. The van der Waals surface area contributed by atoms with Gasteiger partial charge in [0.15, 0.2) is 0 Å². The summed E-state index contributed by atoms with van der Waals surface area (Å²) >= 11 is 0. The summed E-state index contributed by atoms with van der Waals surface area (Å²) in [5.74, 6) is -6.03. The number of nitrogens with two attached hydrogens (primary N) is 1. The van der Waals surface area contributed by atoms with Crippen LogP contribution in [0.4, 0.5) is 0 Å². The lowest BCUT2D eigenvalue weighted by Crippen LogP contribution is -2.55. The van der Waals surface area contributed by atoms with Crippen LogP contribution in [0.1, 0.15) is 24.8 Å². The highest BCUT2D eigenvalue weighted by molar-refractivity contribution is 5.94. The Labute approximate surface area is 181 Å². The molecule has 0 aliphatic carbocycles. The van der Waals surface area contributed by atoms with Crippen molar-refractivity contribution < 1.29 is 39.3 Å². The molecule has 0 fully saturated rings. The van der Waals surface area contributed by atoms with Gasteiger partial charge in [0.05, 0.1) is 12.5 Å². The number of hydrogen-bond acceptors (Lipinski definition) is 6. The second-order valence-electron chi connectivity index (χ2n) is 7.16. The minimum atomic E-state index is -1.60. The van der Waals surface area contributed by atoms with Gasteiger partial charge >= 0.3 is 17.9 Å². The summed E-state index contributed by atoms with van der Waals surface area (Å²) < 4.78 is 0. The first-order chi connectivity index (χ1) is 15.1. The quantitative estimate of drug-likeness (QED) is 0.221. The third-order valence-corrected chi connectivity index (χ3v) is 4.72. The molecule has 0 bridgehead atoms. The number of carboxylic acids is 3. The lowest BCUT2D eigenvalue weighted by Gasteiger charge is -2.21. The Kier molecular flexibility index (Phi) is 8.30. The number of carbonyl (C=O) groups excluding carboxylic acids is 2. The monoisotopic (exact) mass is 448 g/mol. The molecule has 0 aliphatic rings. The van der Waals surface area contributed by atoms with Crippen molar-refractivity contribution >= 4 is 40.6 Å². The largest absolute Gasteiger partial charge is 0.481 e. The molecule has 3 atom stereocenters. The van der Waals surface area contributed by atoms with E-state index in [0.717, 1.165) is 16.5 Å². The van der Waals surface area contributed by atoms with Crippen molar-refractivity contribution in [3.05, 3.63) is 36.0 Å². The van der Waals surface area contributed by atoms with Crippen LogP contribution >= 0.6 is 0 Å². The summed E-state index contributed by atoms with van der Waals surface area (Å²) in [6.07, 6.45) is 0.0440. The second-order valence-corrected chi connectivity index (χ2v) is 7.16. The highest BCUT2D eigenvalue weighted by Crippen LogP contribution is 2.18. The molecule has 0 radical (unpaired) electrons. The van der Waals surface area contributed by atoms with Crippen LogP contribution in [0.3, 0.4) is 0 Å². The summed E-state index contributed by atoms with van der Waals surface area (Å²) in [5.41, 5.74) is 7.54. The number of hydrogen-bond donors (Lipinski definition) is 7. The van der Waals surface area contributed by atoms with Crippen LogP contribution in [-0.2, 0) is 30.4 Å². The molecule has 1 aromatic heterocycles. The molecule has 12 heteroatoms. The molecule has 0 spiro atoms. The number of H-pyrrole nitrogens is 1. The Balaban J connectivity index is 2.06. The van der Waals surface area contributed by atoms with Crippen LogP contribution in [0.2, 0.25) is 0 Å². The van der Waals surface area contributed by atoms with Crippen LogP contribution < -0.4 is 16.4 Å². The maximum absolute atomic E-state index is 12.5. The number of benzene rings is 1. The van der Waals surface area contributed by atoms with E-state index in [4.69, 9.17) is 21.1 Å². The third kappa shape index (κ3) is 6.80. The summed E-state index contributed by atoms with van der Waals surface area (Å²) in [7, 11) is 0. The van der Waals surface area contributed by atoms with E-state index >= 15 is 0 Å². The van der Waals surface area contributed by atoms with Gasteiger partial charge in [0.1, 0.15) is 12.1 Å². The molecule has 2 amide bonds. The Morgan fingerprint density at radius 1 is 0.938 bits per heavy atom. The highest BCUT2D eigenvalue weighted by Gasteiger charge is 2.30. The molecular formula is C20H24N4O8. The number of rotatable bonds is 12. The molecule has 1 heterocycles. The van der Waals surface area contributed by atoms with E-state index in [1.807, 2.05) is 24.3 Å². The smallest absolute Gasteiger partial charge is 0.326 e. The van der Waals surface area contributed by atoms with Crippen molar-refractivity contribution in [3.8, 4) is 0 Å². The maximum Gasteiger partial charge on any atom is 0.326 e. The van der Waals surface area contributed by atoms with Crippen LogP contribution in [0.25, 0.3) is 10.9 Å². The van der Waals surface area contributed by atoms with E-state index in [9.17, 15) is 24.0 Å². The molecule has 32 heavy (non-hydrogen) atoms. The predicted octanol–water partition coefficient (Wildman–Crippen LogP) is -0.569. The van der Waals surface area contributed by atoms with Crippen LogP contribution in [0, 0.1) is 0 Å². The summed E-state index contributed by atoms with van der Waals surface area (Å²) in [4.78, 5) is 61.1. The van der Waals surface area contributed by atoms with Crippen LogP contribution in [-0.4, -0.2) is 68.2 Å². The lowest BCUT2D eigenvalue weighted by atomic mass is 10.0. The van der Waals surface area contributed by atoms with E-state index in [2.05, 4.69) is 15.6 Å². The fourth-order valence-electron chi connectivity index (χ4n) is 3.09. The molecular weight excluding hydrogens is 424 g/mol. The first-order valence-corrected chi connectivity index (χ1v) is 9.66. The molecule has 1 aromatic carbocycles. The summed E-state index contributed by atoms with van der Waals surface area (Å²) in [6, 6.07) is 3.08. The number of carbonyl (C=O) groups is 5. The SMILES string of the molecule is NC(Cc1c[nH]c2ccccc12)C(=O)NC(CC(=O)O)C(=O)NC(CCC(=O)O)C(=O)O. The molecule has 2 aromatic rings. The van der Waals surface area contributed by atoms with E-state index in [1.54, 1.807) is 6.20 Å². The second kappa shape index (κ2) is 10.9. The highest BCUT2D eigenvalue weighted by atomic mass is 16.4. The van der Waals surface area contributed by atoms with Crippen molar-refractivity contribution in [2.24, 2.45) is 5.73 Å². The number of para-hydroxylation sites is 1. The molecule has 0 saturated carbocycles. The standard InChI is InChI=1S/C20H24N4O8/c21-12(7-10-9-22-13-4-2-1-3-11(10)13)18(29)24-15(8-17(27)28)19(30)23-14(20(31)32)5-6-16(25)26/h1-4,9,12,14-15,22H,5-8,21H2,(H,23,30)(H,24,29)(H,25,26)(H,27,28)(H,31,32). The van der Waals surface area contributed by atoms with E-state index in [0.29, 0.717) is 0 Å². The van der Waals surface area contributed by atoms with Crippen molar-refractivity contribution in [3.63, 3.8) is 0 Å².